The van der Waals surface area contributed by atoms with Crippen molar-refractivity contribution < 1.29 is 0 Å². The Morgan fingerprint density at radius 3 is 2.23 bits per heavy atom. The molecule has 1 aliphatic rings. The van der Waals surface area contributed by atoms with Crippen LogP contribution in [0.25, 0.3) is 0 Å². The molecule has 0 amide bonds. The standard InChI is InChI=1S/C11H24N2/c1-6-12-8-9-13(7-2)11(4,5)10(12)3/h10H,6-9H2,1-5H3/t10-/m1/s1. The molecule has 1 fully saturated rings. The van der Waals surface area contributed by atoms with Crippen LogP contribution in [0.15, 0.2) is 0 Å². The molecular formula is C11H24N2. The second kappa shape index (κ2) is 3.97. The molecule has 0 N–H and O–H groups in total. The van der Waals surface area contributed by atoms with Gasteiger partial charge in [-0.05, 0) is 33.9 Å². The predicted octanol–water partition coefficient (Wildman–Crippen LogP) is 1.81. The van der Waals surface area contributed by atoms with E-state index in [2.05, 4.69) is 44.4 Å². The van der Waals surface area contributed by atoms with Gasteiger partial charge in [-0.3, -0.25) is 9.80 Å². The van der Waals surface area contributed by atoms with Crippen molar-refractivity contribution in [2.24, 2.45) is 0 Å². The Balaban J connectivity index is 2.72. The van der Waals surface area contributed by atoms with Gasteiger partial charge in [-0.1, -0.05) is 13.8 Å². The van der Waals surface area contributed by atoms with Crippen molar-refractivity contribution in [3.63, 3.8) is 0 Å². The molecule has 0 unspecified atom stereocenters. The van der Waals surface area contributed by atoms with E-state index in [0.717, 1.165) is 0 Å². The van der Waals surface area contributed by atoms with Gasteiger partial charge >= 0.3 is 0 Å². The number of nitrogens with zero attached hydrogens (tertiary/aromatic N) is 2. The van der Waals surface area contributed by atoms with Gasteiger partial charge in [0.2, 0.25) is 0 Å². The van der Waals surface area contributed by atoms with E-state index >= 15 is 0 Å². The molecule has 0 aromatic heterocycles. The minimum atomic E-state index is 0.336. The fourth-order valence-corrected chi connectivity index (χ4v) is 2.44. The Morgan fingerprint density at radius 1 is 1.15 bits per heavy atom. The quantitative estimate of drug-likeness (QED) is 0.646. The molecule has 78 valence electrons. The zero-order valence-electron chi connectivity index (χ0n) is 9.80. The predicted molar refractivity (Wildman–Crippen MR) is 58.0 cm³/mol. The van der Waals surface area contributed by atoms with Crippen LogP contribution in [-0.4, -0.2) is 47.6 Å². The first-order chi connectivity index (χ1) is 6.04. The van der Waals surface area contributed by atoms with Crippen molar-refractivity contribution in [1.82, 2.24) is 9.80 Å². The largest absolute Gasteiger partial charge is 0.298 e. The van der Waals surface area contributed by atoms with Crippen LogP contribution in [0, 0.1) is 0 Å². The first-order valence-corrected chi connectivity index (χ1v) is 5.53. The van der Waals surface area contributed by atoms with E-state index in [1.54, 1.807) is 0 Å². The molecule has 13 heavy (non-hydrogen) atoms. The summed E-state index contributed by atoms with van der Waals surface area (Å²) in [5.74, 6) is 0. The molecule has 1 rings (SSSR count). The van der Waals surface area contributed by atoms with Gasteiger partial charge in [-0.15, -0.1) is 0 Å². The lowest BCUT2D eigenvalue weighted by Crippen LogP contribution is -2.64. The summed E-state index contributed by atoms with van der Waals surface area (Å²) >= 11 is 0. The Morgan fingerprint density at radius 2 is 1.77 bits per heavy atom. The van der Waals surface area contributed by atoms with Crippen LogP contribution in [0.2, 0.25) is 0 Å². The van der Waals surface area contributed by atoms with Crippen molar-refractivity contribution in [2.75, 3.05) is 26.2 Å². The summed E-state index contributed by atoms with van der Waals surface area (Å²) in [6.07, 6.45) is 0. The van der Waals surface area contributed by atoms with Crippen molar-refractivity contribution in [3.8, 4) is 0 Å². The van der Waals surface area contributed by atoms with Crippen molar-refractivity contribution >= 4 is 0 Å². The SMILES string of the molecule is CCN1CCN(CC)C(C)(C)[C@H]1C. The van der Waals surface area contributed by atoms with Crippen molar-refractivity contribution in [3.05, 3.63) is 0 Å². The Labute approximate surface area is 82.9 Å². The van der Waals surface area contributed by atoms with E-state index in [4.69, 9.17) is 0 Å². The van der Waals surface area contributed by atoms with E-state index in [1.807, 2.05) is 0 Å². The first-order valence-electron chi connectivity index (χ1n) is 5.53. The summed E-state index contributed by atoms with van der Waals surface area (Å²) in [7, 11) is 0. The zero-order valence-corrected chi connectivity index (χ0v) is 9.80. The highest BCUT2D eigenvalue weighted by Crippen LogP contribution is 2.26. The molecule has 0 aliphatic carbocycles. The third kappa shape index (κ3) is 1.89. The summed E-state index contributed by atoms with van der Waals surface area (Å²) in [5, 5.41) is 0. The maximum atomic E-state index is 2.59. The lowest BCUT2D eigenvalue weighted by Gasteiger charge is -2.51. The summed E-state index contributed by atoms with van der Waals surface area (Å²) in [4.78, 5) is 5.16. The summed E-state index contributed by atoms with van der Waals surface area (Å²) in [6, 6.07) is 0.672. The lowest BCUT2D eigenvalue weighted by molar-refractivity contribution is -0.0200. The molecule has 2 heteroatoms. The zero-order chi connectivity index (χ0) is 10.1. The van der Waals surface area contributed by atoms with Gasteiger partial charge in [0.15, 0.2) is 0 Å². The monoisotopic (exact) mass is 184 g/mol. The minimum Gasteiger partial charge on any atom is -0.298 e. The van der Waals surface area contributed by atoms with E-state index in [9.17, 15) is 0 Å². The van der Waals surface area contributed by atoms with Gasteiger partial charge in [-0.25, -0.2) is 0 Å². The van der Waals surface area contributed by atoms with E-state index in [0.29, 0.717) is 11.6 Å². The molecule has 1 saturated heterocycles. The smallest absolute Gasteiger partial charge is 0.0306 e. The molecular weight excluding hydrogens is 160 g/mol. The molecule has 0 saturated carbocycles. The normalized spacial score (nSPS) is 30.7. The average Bonchev–Trinajstić information content (AvgIpc) is 2.09. The highest BCUT2D eigenvalue weighted by Gasteiger charge is 2.38. The topological polar surface area (TPSA) is 6.48 Å². The fourth-order valence-electron chi connectivity index (χ4n) is 2.44. The molecule has 0 radical (unpaired) electrons. The van der Waals surface area contributed by atoms with Gasteiger partial charge in [0.1, 0.15) is 0 Å². The number of piperazine rings is 1. The minimum absolute atomic E-state index is 0.336. The first kappa shape index (κ1) is 11.0. The van der Waals surface area contributed by atoms with Crippen LogP contribution in [0.4, 0.5) is 0 Å². The summed E-state index contributed by atoms with van der Waals surface area (Å²) in [5.41, 5.74) is 0.336. The molecule has 0 aromatic carbocycles. The maximum Gasteiger partial charge on any atom is 0.0306 e. The van der Waals surface area contributed by atoms with E-state index in [-0.39, 0.29) is 0 Å². The molecule has 0 bridgehead atoms. The molecule has 0 aromatic rings. The fraction of sp³-hybridized carbons (Fsp3) is 1.00. The molecule has 2 nitrogen and oxygen atoms in total. The third-order valence-corrected chi connectivity index (χ3v) is 3.83. The van der Waals surface area contributed by atoms with Crippen LogP contribution < -0.4 is 0 Å². The lowest BCUT2D eigenvalue weighted by atomic mass is 9.89. The third-order valence-electron chi connectivity index (χ3n) is 3.83. The Hall–Kier alpha value is -0.0800. The van der Waals surface area contributed by atoms with Gasteiger partial charge < -0.3 is 0 Å². The van der Waals surface area contributed by atoms with Crippen LogP contribution >= 0.6 is 0 Å². The molecule has 1 aliphatic heterocycles. The van der Waals surface area contributed by atoms with E-state index in [1.165, 1.54) is 26.2 Å². The molecule has 0 spiro atoms. The Kier molecular flexibility index (Phi) is 3.36. The summed E-state index contributed by atoms with van der Waals surface area (Å²) < 4.78 is 0. The van der Waals surface area contributed by atoms with Crippen LogP contribution in [0.3, 0.4) is 0 Å². The molecule has 1 heterocycles. The highest BCUT2D eigenvalue weighted by molar-refractivity contribution is 4.95. The second-order valence-electron chi connectivity index (χ2n) is 4.54. The van der Waals surface area contributed by atoms with E-state index < -0.39 is 0 Å². The average molecular weight is 184 g/mol. The van der Waals surface area contributed by atoms with Crippen molar-refractivity contribution in [2.45, 2.75) is 46.2 Å². The van der Waals surface area contributed by atoms with Crippen LogP contribution in [0.1, 0.15) is 34.6 Å². The number of rotatable bonds is 2. The van der Waals surface area contributed by atoms with Gasteiger partial charge in [-0.2, -0.15) is 0 Å². The Bertz CT molecular complexity index is 165. The summed E-state index contributed by atoms with van der Waals surface area (Å²) in [6.45, 7) is 16.4. The second-order valence-corrected chi connectivity index (χ2v) is 4.54. The van der Waals surface area contributed by atoms with Crippen molar-refractivity contribution in [1.29, 1.82) is 0 Å². The van der Waals surface area contributed by atoms with Gasteiger partial charge in [0.05, 0.1) is 0 Å². The van der Waals surface area contributed by atoms with Gasteiger partial charge in [0, 0.05) is 24.7 Å². The number of hydrogen-bond acceptors (Lipinski definition) is 2. The van der Waals surface area contributed by atoms with Gasteiger partial charge in [0.25, 0.3) is 0 Å². The maximum absolute atomic E-state index is 2.59. The number of hydrogen-bond donors (Lipinski definition) is 0. The van der Waals surface area contributed by atoms with Crippen LogP contribution in [-0.2, 0) is 0 Å². The molecule has 1 atom stereocenters. The number of likely N-dealkylation sites (N-methyl/N-ethyl adjacent to an activating group) is 2. The van der Waals surface area contributed by atoms with Crippen LogP contribution in [0.5, 0.6) is 0 Å². The highest BCUT2D eigenvalue weighted by atomic mass is 15.3.